The Kier molecular flexibility index (Phi) is 8.60. The van der Waals surface area contributed by atoms with Crippen LogP contribution in [0, 0.1) is 67.0 Å². The number of benzene rings is 3. The lowest BCUT2D eigenvalue weighted by molar-refractivity contribution is -0.112. The predicted molar refractivity (Wildman–Crippen MR) is 288 cm³/mol. The quantitative estimate of drug-likeness (QED) is 0.132. The minimum absolute atomic E-state index is 0.0458. The van der Waals surface area contributed by atoms with E-state index in [4.69, 9.17) is 20.9 Å². The number of aromatic hydroxyl groups is 2. The molecule has 0 heterocycles. The molecule has 0 amide bonds. The Morgan fingerprint density at radius 3 is 0.750 bits per heavy atom. The molecule has 16 aliphatic rings. The molecule has 0 spiro atoms. The van der Waals surface area contributed by atoms with E-state index in [0.29, 0.717) is 56.7 Å². The molecule has 6 N–H and O–H groups in total. The van der Waals surface area contributed by atoms with E-state index in [2.05, 4.69) is 79.7 Å². The summed E-state index contributed by atoms with van der Waals surface area (Å²) in [5, 5.41) is 23.5. The summed E-state index contributed by atoms with van der Waals surface area (Å²) < 4.78 is 15.9. The highest BCUT2D eigenvalue weighted by atomic mass is 16.5. The van der Waals surface area contributed by atoms with Gasteiger partial charge in [-0.05, 0) is 245 Å². The summed E-state index contributed by atoms with van der Waals surface area (Å²) in [7, 11) is 0. The Morgan fingerprint density at radius 1 is 0.319 bits per heavy atom. The number of ether oxygens (including phenoxy) is 2. The van der Waals surface area contributed by atoms with Crippen molar-refractivity contribution in [1.82, 2.24) is 0 Å². The van der Waals surface area contributed by atoms with Crippen molar-refractivity contribution in [2.75, 3.05) is 11.5 Å². The number of phenolic OH excluding ortho intramolecular Hbond substituents is 2. The van der Waals surface area contributed by atoms with Crippen LogP contribution in [-0.4, -0.2) is 10.2 Å². The normalized spacial score (nSPS) is 50.3. The zero-order valence-corrected chi connectivity index (χ0v) is 45.6. The van der Waals surface area contributed by atoms with Gasteiger partial charge in [-0.25, -0.2) is 0 Å². The van der Waals surface area contributed by atoms with E-state index in [0.717, 1.165) is 74.4 Å². The average molecular weight is 973 g/mol. The number of anilines is 2. The van der Waals surface area contributed by atoms with Gasteiger partial charge in [-0.1, -0.05) is 55.4 Å². The molecule has 6 nitrogen and oxygen atoms in total. The summed E-state index contributed by atoms with van der Waals surface area (Å²) in [6.07, 6.45) is 29.6. The van der Waals surface area contributed by atoms with Gasteiger partial charge in [-0.2, -0.15) is 0 Å². The van der Waals surface area contributed by atoms with E-state index >= 15 is 0 Å². The monoisotopic (exact) mass is 973 g/mol. The summed E-state index contributed by atoms with van der Waals surface area (Å²) in [4.78, 5) is 0. The molecule has 8 unspecified atom stereocenters. The van der Waals surface area contributed by atoms with Crippen molar-refractivity contribution in [2.45, 2.75) is 231 Å². The van der Waals surface area contributed by atoms with Crippen LogP contribution in [0.15, 0.2) is 36.4 Å². The lowest BCUT2D eigenvalue weighted by Gasteiger charge is -2.66. The molecular weight excluding hydrogens is 885 g/mol. The third-order valence-corrected chi connectivity index (χ3v) is 24.6. The van der Waals surface area contributed by atoms with E-state index < -0.39 is 0 Å². The fraction of sp³-hybridized carbons (Fsp3) is 0.727. The van der Waals surface area contributed by atoms with Gasteiger partial charge in [0, 0.05) is 56.0 Å². The minimum Gasteiger partial charge on any atom is -0.506 e. The minimum atomic E-state index is -0.0822. The van der Waals surface area contributed by atoms with Crippen molar-refractivity contribution in [3.63, 3.8) is 0 Å². The fourth-order valence-corrected chi connectivity index (χ4v) is 27.0. The molecule has 0 radical (unpaired) electrons. The summed E-state index contributed by atoms with van der Waals surface area (Å²) in [6, 6.07) is 13.3. The van der Waals surface area contributed by atoms with Gasteiger partial charge in [0.25, 0.3) is 0 Å². The number of nitrogens with two attached hydrogens (primary N) is 2. The fourth-order valence-electron chi connectivity index (χ4n) is 27.0. The first kappa shape index (κ1) is 45.8. The van der Waals surface area contributed by atoms with Gasteiger partial charge in [0.15, 0.2) is 0 Å². The maximum atomic E-state index is 11.8. The van der Waals surface area contributed by atoms with Gasteiger partial charge in [0.05, 0.1) is 11.4 Å². The van der Waals surface area contributed by atoms with Crippen LogP contribution >= 0.6 is 0 Å². The second kappa shape index (κ2) is 13.5. The zero-order valence-electron chi connectivity index (χ0n) is 45.6. The maximum absolute atomic E-state index is 11.8. The smallest absolute Gasteiger partial charge is 0.142 e. The van der Waals surface area contributed by atoms with Crippen molar-refractivity contribution < 1.29 is 19.7 Å². The molecule has 72 heavy (non-hydrogen) atoms. The highest BCUT2D eigenvalue weighted by Gasteiger charge is 2.66. The summed E-state index contributed by atoms with van der Waals surface area (Å²) in [6.45, 7) is 20.7. The Hall–Kier alpha value is -3.54. The third kappa shape index (κ3) is 6.55. The summed E-state index contributed by atoms with van der Waals surface area (Å²) in [5.74, 6) is 6.63. The molecule has 3 aromatic carbocycles. The van der Waals surface area contributed by atoms with Gasteiger partial charge < -0.3 is 31.2 Å². The largest absolute Gasteiger partial charge is 0.506 e. The van der Waals surface area contributed by atoms with Gasteiger partial charge in [0.1, 0.15) is 34.5 Å². The number of hydrogen-bond donors (Lipinski definition) is 4. The molecule has 16 fully saturated rings. The molecule has 6 heteroatoms. The van der Waals surface area contributed by atoms with Crippen LogP contribution in [0.25, 0.3) is 0 Å². The second-order valence-electron chi connectivity index (χ2n) is 33.5. The van der Waals surface area contributed by atoms with Crippen molar-refractivity contribution >= 4 is 11.4 Å². The highest BCUT2D eigenvalue weighted by molar-refractivity contribution is 5.65. The van der Waals surface area contributed by atoms with Gasteiger partial charge >= 0.3 is 0 Å². The lowest BCUT2D eigenvalue weighted by Crippen LogP contribution is -2.57. The molecule has 16 aliphatic carbocycles. The van der Waals surface area contributed by atoms with Crippen LogP contribution in [0.4, 0.5) is 11.4 Å². The number of nitrogen functional groups attached to an aromatic ring is 2. The molecule has 386 valence electrons. The first-order valence-corrected chi connectivity index (χ1v) is 29.4. The van der Waals surface area contributed by atoms with Crippen molar-refractivity contribution in [2.24, 2.45) is 67.0 Å². The molecule has 0 saturated heterocycles. The number of phenols is 2. The SMILES string of the molecule is CC12CC3CC(C)(C1)CC(c1cc(N)c(O)cc1Oc1cc(C45CC6CC(C)(CC(C)(C6)C4)C5)c(Oc4cc(O)c(N)cc4C45CC6CC(C)(CC(C)(C6)C4)C5)cc1C14CC5CC(C)(CC(C)(C5)C1)C4)(C3)C2. The molecule has 19 rings (SSSR count). The van der Waals surface area contributed by atoms with Crippen molar-refractivity contribution in [1.29, 1.82) is 0 Å². The Balaban J connectivity index is 0.958. The van der Waals surface area contributed by atoms with Crippen LogP contribution in [0.1, 0.15) is 232 Å². The van der Waals surface area contributed by atoms with Gasteiger partial charge in [-0.3, -0.25) is 0 Å². The Bertz CT molecular complexity index is 2630. The molecule has 8 atom stereocenters. The van der Waals surface area contributed by atoms with Crippen molar-refractivity contribution in [3.8, 4) is 34.5 Å². The predicted octanol–water partition coefficient (Wildman–Crippen LogP) is 16.8. The molecule has 16 bridgehead atoms. The maximum Gasteiger partial charge on any atom is 0.142 e. The van der Waals surface area contributed by atoms with E-state index in [9.17, 15) is 10.2 Å². The zero-order chi connectivity index (χ0) is 49.9. The molecule has 16 saturated carbocycles. The molecule has 3 aromatic rings. The number of hydrogen-bond acceptors (Lipinski definition) is 6. The van der Waals surface area contributed by atoms with Gasteiger partial charge in [0.2, 0.25) is 0 Å². The van der Waals surface area contributed by atoms with Crippen molar-refractivity contribution in [3.05, 3.63) is 58.7 Å². The topological polar surface area (TPSA) is 111 Å². The van der Waals surface area contributed by atoms with Crippen LogP contribution in [-0.2, 0) is 21.7 Å². The first-order valence-electron chi connectivity index (χ1n) is 29.4. The lowest BCUT2D eigenvalue weighted by atomic mass is 9.38. The van der Waals surface area contributed by atoms with Crippen LogP contribution in [0.5, 0.6) is 34.5 Å². The van der Waals surface area contributed by atoms with Gasteiger partial charge in [-0.15, -0.1) is 0 Å². The molecule has 0 aromatic heterocycles. The second-order valence-corrected chi connectivity index (χ2v) is 33.5. The third-order valence-electron chi connectivity index (χ3n) is 24.6. The summed E-state index contributed by atoms with van der Waals surface area (Å²) in [5.41, 5.74) is 21.7. The van der Waals surface area contributed by atoms with E-state index in [1.807, 2.05) is 12.1 Å². The Labute approximate surface area is 431 Å². The van der Waals surface area contributed by atoms with E-state index in [1.165, 1.54) is 125 Å². The first-order chi connectivity index (χ1) is 33.6. The van der Waals surface area contributed by atoms with Crippen LogP contribution < -0.4 is 20.9 Å². The van der Waals surface area contributed by atoms with E-state index in [-0.39, 0.29) is 54.8 Å². The Morgan fingerprint density at radius 2 is 0.528 bits per heavy atom. The standard InChI is InChI=1S/C66H88N2O4/c1-55-15-39-16-56(2,27-55)32-63(23-39,31-55)43-9-47(67)49(69)13-53(43)71-51-11-46(66-26-42-21-61(7,37-66)30-62(8,22-42)38-66)52(12-45(51)65-25-41-19-59(5,35-65)29-60(6,20-41)36-65)72-54-14-50(70)48(68)10-44(54)64-24-40-17-57(3,33-64)28-58(4,18-40)34-64/h9-14,39-42,69-70H,15-38,67-68H2,1-8H3. The highest BCUT2D eigenvalue weighted by Crippen LogP contribution is 2.76. The van der Waals surface area contributed by atoms with Crippen LogP contribution in [0.3, 0.4) is 0 Å². The number of rotatable bonds is 8. The molecule has 0 aliphatic heterocycles. The van der Waals surface area contributed by atoms with Crippen LogP contribution in [0.2, 0.25) is 0 Å². The average Bonchev–Trinajstić information content (AvgIpc) is 3.18. The van der Waals surface area contributed by atoms with E-state index in [1.54, 1.807) is 0 Å². The summed E-state index contributed by atoms with van der Waals surface area (Å²) >= 11 is 0. The molecular formula is C66H88N2O4.